The van der Waals surface area contributed by atoms with Gasteiger partial charge in [0.15, 0.2) is 0 Å². The first-order chi connectivity index (χ1) is 19.9. The van der Waals surface area contributed by atoms with E-state index in [4.69, 9.17) is 14.2 Å². The summed E-state index contributed by atoms with van der Waals surface area (Å²) in [5.74, 6) is -0.152. The summed E-state index contributed by atoms with van der Waals surface area (Å²) in [6.45, 7) is 9.55. The molecule has 1 aromatic heterocycles. The molecule has 0 saturated carbocycles. The van der Waals surface area contributed by atoms with E-state index in [1.165, 1.54) is 11.2 Å². The Morgan fingerprint density at radius 3 is 2.62 bits per heavy atom. The number of piperidine rings is 1. The smallest absolute Gasteiger partial charge is 0.407 e. The van der Waals surface area contributed by atoms with E-state index in [2.05, 4.69) is 9.97 Å². The Labute approximate surface area is 248 Å². The number of carbonyl (C=O) groups is 4. The van der Waals surface area contributed by atoms with Crippen LogP contribution in [0.25, 0.3) is 6.08 Å². The van der Waals surface area contributed by atoms with Gasteiger partial charge in [-0.05, 0) is 54.8 Å². The van der Waals surface area contributed by atoms with Crippen molar-refractivity contribution in [3.8, 4) is 17.5 Å². The Bertz CT molecular complexity index is 1410. The van der Waals surface area contributed by atoms with E-state index in [-0.39, 0.29) is 35.0 Å². The molecule has 42 heavy (non-hydrogen) atoms. The standard InChI is InChI=1S/C29H34N4O8S/c1-6-39-23(34)15-33-26(35)21(42-28(33)38)13-18-8-7-9-19(12-18)40-24-17(2)25(31-16-30-24)41-20-10-11-32(27(36)37)22(14-20)29(3,4)5/h7-9,12-13,16,20,22H,6,10-11,14-15H2,1-5H3,(H,36,37)/b21-13-. The molecule has 2 saturated heterocycles. The van der Waals surface area contributed by atoms with Crippen molar-refractivity contribution in [2.45, 2.75) is 59.6 Å². The minimum absolute atomic E-state index is 0.154. The lowest BCUT2D eigenvalue weighted by atomic mass is 9.80. The molecule has 13 heteroatoms. The molecule has 2 aliphatic heterocycles. The van der Waals surface area contributed by atoms with Crippen LogP contribution in [0.15, 0.2) is 35.5 Å². The molecule has 1 aromatic carbocycles. The van der Waals surface area contributed by atoms with E-state index in [0.717, 1.165) is 16.7 Å². The second-order valence-electron chi connectivity index (χ2n) is 11.0. The Kier molecular flexibility index (Phi) is 9.40. The number of hydrogen-bond donors (Lipinski definition) is 1. The van der Waals surface area contributed by atoms with E-state index in [9.17, 15) is 24.3 Å². The number of carboxylic acid groups (broad SMARTS) is 1. The summed E-state index contributed by atoms with van der Waals surface area (Å²) in [4.78, 5) is 59.6. The van der Waals surface area contributed by atoms with Crippen LogP contribution in [0.1, 0.15) is 51.7 Å². The fourth-order valence-corrected chi connectivity index (χ4v) is 5.63. The van der Waals surface area contributed by atoms with Crippen LogP contribution in [0.2, 0.25) is 0 Å². The normalized spacial score (nSPS) is 20.2. The zero-order valence-corrected chi connectivity index (χ0v) is 25.0. The highest BCUT2D eigenvalue weighted by Crippen LogP contribution is 2.36. The molecule has 2 aliphatic rings. The number of esters is 1. The van der Waals surface area contributed by atoms with Crippen molar-refractivity contribution in [1.29, 1.82) is 0 Å². The maximum atomic E-state index is 12.7. The van der Waals surface area contributed by atoms with Crippen LogP contribution in [-0.4, -0.2) is 79.9 Å². The summed E-state index contributed by atoms with van der Waals surface area (Å²) in [6.07, 6.45) is 2.80. The second kappa shape index (κ2) is 12.8. The average Bonchev–Trinajstić information content (AvgIpc) is 3.18. The molecule has 0 bridgehead atoms. The summed E-state index contributed by atoms with van der Waals surface area (Å²) in [5.41, 5.74) is 0.927. The summed E-state index contributed by atoms with van der Waals surface area (Å²) in [7, 11) is 0. The van der Waals surface area contributed by atoms with Crippen LogP contribution < -0.4 is 9.47 Å². The van der Waals surface area contributed by atoms with Gasteiger partial charge in [-0.15, -0.1) is 0 Å². The van der Waals surface area contributed by atoms with Crippen LogP contribution in [0.4, 0.5) is 9.59 Å². The monoisotopic (exact) mass is 598 g/mol. The zero-order chi connectivity index (χ0) is 30.6. The molecule has 0 spiro atoms. The highest BCUT2D eigenvalue weighted by molar-refractivity contribution is 8.18. The van der Waals surface area contributed by atoms with Gasteiger partial charge in [-0.1, -0.05) is 32.9 Å². The van der Waals surface area contributed by atoms with E-state index in [1.54, 1.807) is 44.2 Å². The Morgan fingerprint density at radius 1 is 1.19 bits per heavy atom. The van der Waals surface area contributed by atoms with Crippen molar-refractivity contribution < 1.29 is 38.5 Å². The number of amides is 3. The first kappa shape index (κ1) is 30.8. The molecule has 3 heterocycles. The Balaban J connectivity index is 1.46. The van der Waals surface area contributed by atoms with E-state index >= 15 is 0 Å². The number of nitrogens with zero attached hydrogens (tertiary/aromatic N) is 4. The molecule has 2 unspecified atom stereocenters. The van der Waals surface area contributed by atoms with Crippen LogP contribution >= 0.6 is 11.8 Å². The number of ether oxygens (including phenoxy) is 3. The molecular formula is C29H34N4O8S. The third-order valence-electron chi connectivity index (χ3n) is 6.91. The molecule has 12 nitrogen and oxygen atoms in total. The van der Waals surface area contributed by atoms with E-state index < -0.39 is 29.8 Å². The van der Waals surface area contributed by atoms with Gasteiger partial charge in [0.05, 0.1) is 17.1 Å². The number of likely N-dealkylation sites (tertiary alicyclic amines) is 1. The van der Waals surface area contributed by atoms with Gasteiger partial charge in [0.1, 0.15) is 24.7 Å². The molecule has 3 amide bonds. The summed E-state index contributed by atoms with van der Waals surface area (Å²) < 4.78 is 17.1. The van der Waals surface area contributed by atoms with E-state index in [1.807, 2.05) is 20.8 Å². The quantitative estimate of drug-likeness (QED) is 0.319. The molecule has 2 aromatic rings. The maximum Gasteiger partial charge on any atom is 0.407 e. The van der Waals surface area contributed by atoms with Crippen molar-refractivity contribution in [2.24, 2.45) is 5.41 Å². The maximum absolute atomic E-state index is 12.7. The third kappa shape index (κ3) is 7.19. The molecule has 2 atom stereocenters. The lowest BCUT2D eigenvalue weighted by Gasteiger charge is -2.44. The minimum atomic E-state index is -0.934. The lowest BCUT2D eigenvalue weighted by molar-refractivity contribution is -0.145. The van der Waals surface area contributed by atoms with Crippen molar-refractivity contribution >= 4 is 41.0 Å². The van der Waals surface area contributed by atoms with Gasteiger partial charge in [0.2, 0.25) is 11.8 Å². The summed E-state index contributed by atoms with van der Waals surface area (Å²) in [5, 5.41) is 9.10. The first-order valence-corrected chi connectivity index (χ1v) is 14.4. The van der Waals surface area contributed by atoms with Crippen LogP contribution in [0.3, 0.4) is 0 Å². The number of rotatable bonds is 8. The molecular weight excluding hydrogens is 564 g/mol. The van der Waals surface area contributed by atoms with Gasteiger partial charge in [0, 0.05) is 25.4 Å². The third-order valence-corrected chi connectivity index (χ3v) is 7.81. The van der Waals surface area contributed by atoms with Crippen LogP contribution in [0.5, 0.6) is 17.5 Å². The van der Waals surface area contributed by atoms with Gasteiger partial charge in [0.25, 0.3) is 11.1 Å². The van der Waals surface area contributed by atoms with Crippen molar-refractivity contribution in [2.75, 3.05) is 19.7 Å². The van der Waals surface area contributed by atoms with Gasteiger partial charge < -0.3 is 24.2 Å². The van der Waals surface area contributed by atoms with Crippen LogP contribution in [-0.2, 0) is 14.3 Å². The summed E-state index contributed by atoms with van der Waals surface area (Å²) in [6, 6.07) is 6.70. The zero-order valence-electron chi connectivity index (χ0n) is 24.2. The second-order valence-corrected chi connectivity index (χ2v) is 12.0. The largest absolute Gasteiger partial charge is 0.474 e. The molecule has 0 radical (unpaired) electrons. The van der Waals surface area contributed by atoms with Crippen molar-refractivity contribution in [3.63, 3.8) is 0 Å². The highest BCUT2D eigenvalue weighted by Gasteiger charge is 2.40. The number of imide groups is 1. The highest BCUT2D eigenvalue weighted by atomic mass is 32.2. The Hall–Kier alpha value is -4.13. The number of hydrogen-bond acceptors (Lipinski definition) is 10. The fourth-order valence-electron chi connectivity index (χ4n) is 4.79. The van der Waals surface area contributed by atoms with Crippen molar-refractivity contribution in [3.05, 3.63) is 46.6 Å². The molecule has 4 rings (SSSR count). The number of aromatic nitrogens is 2. The summed E-state index contributed by atoms with van der Waals surface area (Å²) >= 11 is 0.748. The number of thioether (sulfide) groups is 1. The van der Waals surface area contributed by atoms with Crippen molar-refractivity contribution in [1.82, 2.24) is 19.8 Å². The molecule has 1 N–H and O–H groups in total. The topological polar surface area (TPSA) is 148 Å². The predicted molar refractivity (Wildman–Crippen MR) is 154 cm³/mol. The van der Waals surface area contributed by atoms with Gasteiger partial charge >= 0.3 is 12.1 Å². The number of benzene rings is 1. The lowest BCUT2D eigenvalue weighted by Crippen LogP contribution is -2.53. The minimum Gasteiger partial charge on any atom is -0.474 e. The molecule has 2 fully saturated rings. The van der Waals surface area contributed by atoms with Gasteiger partial charge in [-0.3, -0.25) is 19.3 Å². The Morgan fingerprint density at radius 2 is 1.93 bits per heavy atom. The molecule has 0 aliphatic carbocycles. The average molecular weight is 599 g/mol. The van der Waals surface area contributed by atoms with Crippen LogP contribution in [0, 0.1) is 12.3 Å². The van der Waals surface area contributed by atoms with E-state index in [0.29, 0.717) is 42.1 Å². The number of carbonyl (C=O) groups excluding carboxylic acids is 3. The molecule has 224 valence electrons. The SMILES string of the molecule is CCOC(=O)CN1C(=O)S/C(=C\c2cccc(Oc3ncnc(OC4CCN(C(=O)O)C(C(C)(C)C)C4)c3C)c2)C1=O. The van der Waals surface area contributed by atoms with Gasteiger partial charge in [-0.25, -0.2) is 14.8 Å². The fraction of sp³-hybridized carbons (Fsp3) is 0.448. The first-order valence-electron chi connectivity index (χ1n) is 13.5. The van der Waals surface area contributed by atoms with Gasteiger partial charge in [-0.2, -0.15) is 0 Å². The predicted octanol–water partition coefficient (Wildman–Crippen LogP) is 5.11.